The minimum atomic E-state index is -0.954. The number of nitrogens with one attached hydrogen (secondary N) is 1. The van der Waals surface area contributed by atoms with Gasteiger partial charge < -0.3 is 10.4 Å². The molecule has 0 radical (unpaired) electrons. The average molecular weight is 265 g/mol. The van der Waals surface area contributed by atoms with Gasteiger partial charge in [-0.05, 0) is 39.8 Å². The highest BCUT2D eigenvalue weighted by atomic mass is 16.4. The molecule has 1 aromatic rings. The van der Waals surface area contributed by atoms with Gasteiger partial charge >= 0.3 is 5.97 Å². The smallest absolute Gasteiger partial charge is 0.337 e. The van der Waals surface area contributed by atoms with Gasteiger partial charge in [-0.3, -0.25) is 4.90 Å². The first-order valence-corrected chi connectivity index (χ1v) is 6.60. The van der Waals surface area contributed by atoms with Gasteiger partial charge in [0.05, 0.1) is 5.56 Å². The SMILES string of the molecule is CC(C)N(CCNc1ccc(C(=O)O)cn1)C(C)C. The van der Waals surface area contributed by atoms with Crippen LogP contribution in [0.5, 0.6) is 0 Å². The van der Waals surface area contributed by atoms with E-state index in [0.717, 1.165) is 13.1 Å². The number of anilines is 1. The minimum Gasteiger partial charge on any atom is -0.478 e. The van der Waals surface area contributed by atoms with Gasteiger partial charge in [0.25, 0.3) is 0 Å². The van der Waals surface area contributed by atoms with Crippen molar-refractivity contribution in [3.63, 3.8) is 0 Å². The van der Waals surface area contributed by atoms with Crippen LogP contribution in [0.25, 0.3) is 0 Å². The summed E-state index contributed by atoms with van der Waals surface area (Å²) in [5.74, 6) is -0.248. The van der Waals surface area contributed by atoms with Crippen LogP contribution in [-0.2, 0) is 0 Å². The first-order valence-electron chi connectivity index (χ1n) is 6.60. The number of carboxylic acids is 1. The predicted molar refractivity (Wildman–Crippen MR) is 76.7 cm³/mol. The molecule has 0 saturated carbocycles. The van der Waals surface area contributed by atoms with Gasteiger partial charge in [-0.2, -0.15) is 0 Å². The summed E-state index contributed by atoms with van der Waals surface area (Å²) < 4.78 is 0. The number of hydrogen-bond acceptors (Lipinski definition) is 4. The van der Waals surface area contributed by atoms with E-state index in [4.69, 9.17) is 5.11 Å². The molecule has 5 nitrogen and oxygen atoms in total. The fourth-order valence-electron chi connectivity index (χ4n) is 2.05. The Morgan fingerprint density at radius 3 is 2.37 bits per heavy atom. The maximum atomic E-state index is 10.7. The summed E-state index contributed by atoms with van der Waals surface area (Å²) in [4.78, 5) is 17.2. The largest absolute Gasteiger partial charge is 0.478 e. The predicted octanol–water partition coefficient (Wildman–Crippen LogP) is 2.31. The lowest BCUT2D eigenvalue weighted by Gasteiger charge is -2.30. The van der Waals surface area contributed by atoms with Crippen molar-refractivity contribution in [1.29, 1.82) is 0 Å². The van der Waals surface area contributed by atoms with Gasteiger partial charge in [-0.15, -0.1) is 0 Å². The minimum absolute atomic E-state index is 0.205. The molecule has 0 amide bonds. The third-order valence-electron chi connectivity index (χ3n) is 3.01. The van der Waals surface area contributed by atoms with Crippen molar-refractivity contribution in [3.05, 3.63) is 23.9 Å². The zero-order valence-corrected chi connectivity index (χ0v) is 12.1. The Kier molecular flexibility index (Phi) is 5.76. The third kappa shape index (κ3) is 4.87. The maximum absolute atomic E-state index is 10.7. The quantitative estimate of drug-likeness (QED) is 0.792. The summed E-state index contributed by atoms with van der Waals surface area (Å²) in [6.07, 6.45) is 1.37. The number of pyridine rings is 1. The van der Waals surface area contributed by atoms with E-state index < -0.39 is 5.97 Å². The van der Waals surface area contributed by atoms with E-state index in [2.05, 4.69) is 42.9 Å². The van der Waals surface area contributed by atoms with Crippen LogP contribution in [0.1, 0.15) is 38.1 Å². The van der Waals surface area contributed by atoms with Crippen molar-refractivity contribution in [2.75, 3.05) is 18.4 Å². The molecule has 0 unspecified atom stereocenters. The first kappa shape index (κ1) is 15.4. The molecule has 0 atom stereocenters. The second-order valence-electron chi connectivity index (χ2n) is 5.09. The molecule has 0 saturated heterocycles. The molecule has 1 rings (SSSR count). The fourth-order valence-corrected chi connectivity index (χ4v) is 2.05. The van der Waals surface area contributed by atoms with Crippen molar-refractivity contribution in [2.24, 2.45) is 0 Å². The van der Waals surface area contributed by atoms with Gasteiger partial charge in [-0.25, -0.2) is 9.78 Å². The molecule has 5 heteroatoms. The van der Waals surface area contributed by atoms with E-state index in [-0.39, 0.29) is 5.56 Å². The maximum Gasteiger partial charge on any atom is 0.337 e. The molecule has 1 aromatic heterocycles. The van der Waals surface area contributed by atoms with E-state index in [0.29, 0.717) is 17.9 Å². The third-order valence-corrected chi connectivity index (χ3v) is 3.01. The number of hydrogen-bond donors (Lipinski definition) is 2. The van der Waals surface area contributed by atoms with E-state index in [9.17, 15) is 4.79 Å². The van der Waals surface area contributed by atoms with Crippen LogP contribution in [0.15, 0.2) is 18.3 Å². The molecule has 0 bridgehead atoms. The summed E-state index contributed by atoms with van der Waals surface area (Å²) in [6, 6.07) is 4.26. The lowest BCUT2D eigenvalue weighted by Crippen LogP contribution is -2.40. The highest BCUT2D eigenvalue weighted by Gasteiger charge is 2.12. The average Bonchev–Trinajstić information content (AvgIpc) is 2.34. The van der Waals surface area contributed by atoms with Crippen LogP contribution >= 0.6 is 0 Å². The van der Waals surface area contributed by atoms with Crippen LogP contribution in [0.2, 0.25) is 0 Å². The Balaban J connectivity index is 2.46. The highest BCUT2D eigenvalue weighted by molar-refractivity contribution is 5.87. The van der Waals surface area contributed by atoms with Crippen molar-refractivity contribution in [3.8, 4) is 0 Å². The monoisotopic (exact) mass is 265 g/mol. The molecular formula is C14H23N3O2. The Labute approximate surface area is 114 Å². The van der Waals surface area contributed by atoms with Gasteiger partial charge in [0.1, 0.15) is 5.82 Å². The number of carbonyl (C=O) groups is 1. The van der Waals surface area contributed by atoms with Crippen LogP contribution in [0, 0.1) is 0 Å². The van der Waals surface area contributed by atoms with Crippen molar-refractivity contribution < 1.29 is 9.90 Å². The fraction of sp³-hybridized carbons (Fsp3) is 0.571. The summed E-state index contributed by atoms with van der Waals surface area (Å²) in [7, 11) is 0. The summed E-state index contributed by atoms with van der Waals surface area (Å²) in [5, 5.41) is 12.0. The van der Waals surface area contributed by atoms with Crippen molar-refractivity contribution in [2.45, 2.75) is 39.8 Å². The second-order valence-corrected chi connectivity index (χ2v) is 5.09. The van der Waals surface area contributed by atoms with Gasteiger partial charge in [-0.1, -0.05) is 0 Å². The van der Waals surface area contributed by atoms with E-state index >= 15 is 0 Å². The van der Waals surface area contributed by atoms with Crippen molar-refractivity contribution in [1.82, 2.24) is 9.88 Å². The standard InChI is InChI=1S/C14H23N3O2/c1-10(2)17(11(3)4)8-7-15-13-6-5-12(9-16-13)14(18)19/h5-6,9-11H,7-8H2,1-4H3,(H,15,16)(H,18,19). The zero-order valence-electron chi connectivity index (χ0n) is 12.1. The molecule has 106 valence electrons. The molecule has 0 aliphatic carbocycles. The molecule has 0 aliphatic rings. The van der Waals surface area contributed by atoms with E-state index in [1.807, 2.05) is 0 Å². The molecule has 2 N–H and O–H groups in total. The molecule has 1 heterocycles. The molecular weight excluding hydrogens is 242 g/mol. The number of carboxylic acid groups (broad SMARTS) is 1. The van der Waals surface area contributed by atoms with E-state index in [1.54, 1.807) is 12.1 Å². The van der Waals surface area contributed by atoms with Crippen LogP contribution in [0.4, 0.5) is 5.82 Å². The summed E-state index contributed by atoms with van der Waals surface area (Å²) in [5.41, 5.74) is 0.205. The number of aromatic nitrogens is 1. The Morgan fingerprint density at radius 1 is 1.32 bits per heavy atom. The van der Waals surface area contributed by atoms with Gasteiger partial charge in [0.2, 0.25) is 0 Å². The van der Waals surface area contributed by atoms with Crippen molar-refractivity contribution >= 4 is 11.8 Å². The number of rotatable bonds is 7. The van der Waals surface area contributed by atoms with Gasteiger partial charge in [0, 0.05) is 31.4 Å². The zero-order chi connectivity index (χ0) is 14.4. The molecule has 0 spiro atoms. The lowest BCUT2D eigenvalue weighted by atomic mass is 10.2. The first-order chi connectivity index (χ1) is 8.91. The van der Waals surface area contributed by atoms with Crippen LogP contribution in [0.3, 0.4) is 0 Å². The Bertz CT molecular complexity index is 394. The summed E-state index contributed by atoms with van der Waals surface area (Å²) in [6.45, 7) is 10.4. The molecule has 19 heavy (non-hydrogen) atoms. The number of aromatic carboxylic acids is 1. The molecule has 0 aromatic carbocycles. The Hall–Kier alpha value is -1.62. The highest BCUT2D eigenvalue weighted by Crippen LogP contribution is 2.07. The van der Waals surface area contributed by atoms with Crippen LogP contribution < -0.4 is 5.32 Å². The van der Waals surface area contributed by atoms with Crippen LogP contribution in [-0.4, -0.2) is 46.1 Å². The topological polar surface area (TPSA) is 65.5 Å². The molecule has 0 fully saturated rings. The second kappa shape index (κ2) is 7.09. The molecule has 0 aliphatic heterocycles. The van der Waals surface area contributed by atoms with E-state index in [1.165, 1.54) is 6.20 Å². The lowest BCUT2D eigenvalue weighted by molar-refractivity contribution is 0.0696. The van der Waals surface area contributed by atoms with Gasteiger partial charge in [0.15, 0.2) is 0 Å². The normalized spacial score (nSPS) is 11.3. The summed E-state index contributed by atoms with van der Waals surface area (Å²) >= 11 is 0. The Morgan fingerprint density at radius 2 is 1.95 bits per heavy atom. The number of nitrogens with zero attached hydrogens (tertiary/aromatic N) is 2.